The van der Waals surface area contributed by atoms with Crippen molar-refractivity contribution in [1.82, 2.24) is 4.90 Å². The highest BCUT2D eigenvalue weighted by atomic mass is 16.7. The van der Waals surface area contributed by atoms with Crippen molar-refractivity contribution in [3.05, 3.63) is 39.2 Å². The molecule has 7 heteroatoms. The largest absolute Gasteiger partial charge is 0.467 e. The van der Waals surface area contributed by atoms with Gasteiger partial charge < -0.3 is 23.5 Å². The molecule has 158 valence electrons. The Balaban J connectivity index is 1.95. The molecule has 0 unspecified atom stereocenters. The molecular weight excluding hydrogens is 374 g/mol. The number of likely N-dealkylation sites (tertiary alicyclic amines) is 1. The van der Waals surface area contributed by atoms with E-state index in [0.29, 0.717) is 41.8 Å². The van der Waals surface area contributed by atoms with E-state index in [-0.39, 0.29) is 30.7 Å². The van der Waals surface area contributed by atoms with E-state index in [1.165, 1.54) is 7.11 Å². The Bertz CT molecular complexity index is 927. The number of nitrogens with zero attached hydrogens (tertiary/aromatic N) is 1. The first-order chi connectivity index (χ1) is 14.0. The van der Waals surface area contributed by atoms with E-state index in [0.717, 1.165) is 24.2 Å². The van der Waals surface area contributed by atoms with E-state index in [4.69, 9.17) is 18.6 Å². The first-order valence-corrected chi connectivity index (χ1v) is 9.99. The van der Waals surface area contributed by atoms with Crippen LogP contribution in [0.15, 0.2) is 21.3 Å². The third-order valence-corrected chi connectivity index (χ3v) is 5.56. The number of methoxy groups -OCH3 is 2. The predicted molar refractivity (Wildman–Crippen MR) is 110 cm³/mol. The van der Waals surface area contributed by atoms with Crippen LogP contribution in [0.2, 0.25) is 0 Å². The molecule has 1 aliphatic rings. The minimum atomic E-state index is -0.00729. The van der Waals surface area contributed by atoms with Crippen molar-refractivity contribution in [2.75, 3.05) is 40.7 Å². The molecule has 0 aliphatic carbocycles. The summed E-state index contributed by atoms with van der Waals surface area (Å²) >= 11 is 0. The lowest BCUT2D eigenvalue weighted by atomic mass is 9.91. The van der Waals surface area contributed by atoms with Gasteiger partial charge in [-0.25, -0.2) is 0 Å². The number of rotatable bonds is 7. The van der Waals surface area contributed by atoms with Gasteiger partial charge in [0.1, 0.15) is 23.7 Å². The molecule has 2 heterocycles. The second kappa shape index (κ2) is 9.41. The molecule has 2 aromatic rings. The number of amides is 1. The van der Waals surface area contributed by atoms with Gasteiger partial charge in [-0.1, -0.05) is 6.92 Å². The lowest BCUT2D eigenvalue weighted by Gasteiger charge is -2.32. The van der Waals surface area contributed by atoms with Crippen LogP contribution in [0.25, 0.3) is 11.0 Å². The molecule has 1 fully saturated rings. The lowest BCUT2D eigenvalue weighted by molar-refractivity contribution is -0.136. The number of carbonyl (C=O) groups excluding carboxylic acids is 1. The van der Waals surface area contributed by atoms with Crippen molar-refractivity contribution < 1.29 is 23.4 Å². The third kappa shape index (κ3) is 4.31. The molecule has 1 aromatic heterocycles. The van der Waals surface area contributed by atoms with Crippen molar-refractivity contribution in [3.8, 4) is 5.75 Å². The Morgan fingerprint density at radius 1 is 1.21 bits per heavy atom. The molecule has 1 aliphatic heterocycles. The van der Waals surface area contributed by atoms with Gasteiger partial charge in [-0.15, -0.1) is 0 Å². The molecule has 0 bridgehead atoms. The number of benzene rings is 1. The fourth-order valence-corrected chi connectivity index (χ4v) is 3.99. The average Bonchev–Trinajstić information content (AvgIpc) is 2.74. The van der Waals surface area contributed by atoms with E-state index < -0.39 is 0 Å². The van der Waals surface area contributed by atoms with Crippen LogP contribution in [-0.4, -0.2) is 51.5 Å². The monoisotopic (exact) mass is 403 g/mol. The predicted octanol–water partition coefficient (Wildman–Crippen LogP) is 3.00. The fraction of sp³-hybridized carbons (Fsp3) is 0.545. The summed E-state index contributed by atoms with van der Waals surface area (Å²) in [6.45, 7) is 5.32. The lowest BCUT2D eigenvalue weighted by Crippen LogP contribution is -2.40. The Kier molecular flexibility index (Phi) is 6.92. The van der Waals surface area contributed by atoms with E-state index in [1.807, 2.05) is 18.7 Å². The van der Waals surface area contributed by atoms with Gasteiger partial charge in [0.2, 0.25) is 5.91 Å². The molecule has 29 heavy (non-hydrogen) atoms. The summed E-state index contributed by atoms with van der Waals surface area (Å²) in [4.78, 5) is 26.9. The maximum absolute atomic E-state index is 13.0. The Morgan fingerprint density at radius 3 is 2.55 bits per heavy atom. The second-order valence-corrected chi connectivity index (χ2v) is 7.33. The van der Waals surface area contributed by atoms with Crippen molar-refractivity contribution in [1.29, 1.82) is 0 Å². The summed E-state index contributed by atoms with van der Waals surface area (Å²) in [5.41, 5.74) is 2.09. The van der Waals surface area contributed by atoms with Crippen molar-refractivity contribution in [3.63, 3.8) is 0 Å². The number of aryl methyl sites for hydroxylation is 1. The minimum absolute atomic E-state index is 0.00385. The van der Waals surface area contributed by atoms with Gasteiger partial charge in [-0.05, 0) is 38.3 Å². The van der Waals surface area contributed by atoms with Crippen molar-refractivity contribution >= 4 is 16.9 Å². The zero-order valence-electron chi connectivity index (χ0n) is 17.6. The quantitative estimate of drug-likeness (QED) is 0.662. The third-order valence-electron chi connectivity index (χ3n) is 5.56. The number of hydrogen-bond donors (Lipinski definition) is 0. The van der Waals surface area contributed by atoms with Gasteiger partial charge in [0.05, 0.1) is 5.39 Å². The van der Waals surface area contributed by atoms with Crippen LogP contribution in [0.5, 0.6) is 5.75 Å². The summed E-state index contributed by atoms with van der Waals surface area (Å²) in [7, 11) is 3.09. The Hall–Kier alpha value is -2.38. The summed E-state index contributed by atoms with van der Waals surface area (Å²) < 4.78 is 22.0. The molecule has 0 N–H and O–H groups in total. The first kappa shape index (κ1) is 21.3. The van der Waals surface area contributed by atoms with Crippen LogP contribution >= 0.6 is 0 Å². The van der Waals surface area contributed by atoms with Crippen LogP contribution in [0.4, 0.5) is 0 Å². The van der Waals surface area contributed by atoms with Gasteiger partial charge >= 0.3 is 0 Å². The normalized spacial score (nSPS) is 15.1. The van der Waals surface area contributed by atoms with Crippen LogP contribution in [0, 0.1) is 6.92 Å². The number of hydrogen-bond acceptors (Lipinski definition) is 6. The zero-order chi connectivity index (χ0) is 21.0. The molecule has 7 nitrogen and oxygen atoms in total. The van der Waals surface area contributed by atoms with Gasteiger partial charge in [0, 0.05) is 44.4 Å². The summed E-state index contributed by atoms with van der Waals surface area (Å²) in [6, 6.07) is 3.56. The topological polar surface area (TPSA) is 78.2 Å². The molecule has 0 radical (unpaired) electrons. The van der Waals surface area contributed by atoms with Gasteiger partial charge in [0.25, 0.3) is 0 Å². The SMILES string of the molecule is CCc1c(OCOC)ccc2c(=O)c(C)c(C3CCN(C(=O)COC)CC3)oc12. The number of ether oxygens (including phenoxy) is 3. The van der Waals surface area contributed by atoms with Gasteiger partial charge in [0.15, 0.2) is 12.2 Å². The van der Waals surface area contributed by atoms with E-state index >= 15 is 0 Å². The fourth-order valence-electron chi connectivity index (χ4n) is 3.99. The maximum Gasteiger partial charge on any atom is 0.248 e. The highest BCUT2D eigenvalue weighted by Gasteiger charge is 2.28. The average molecular weight is 403 g/mol. The van der Waals surface area contributed by atoms with Crippen molar-refractivity contribution in [2.45, 2.75) is 39.0 Å². The highest BCUT2D eigenvalue weighted by molar-refractivity contribution is 5.83. The van der Waals surface area contributed by atoms with Crippen LogP contribution in [0.1, 0.15) is 42.6 Å². The standard InChI is InChI=1S/C22H29NO6/c1-5-16-18(28-13-27-4)7-6-17-20(25)14(2)21(29-22(16)17)15-8-10-23(11-9-15)19(24)12-26-3/h6-7,15H,5,8-13H2,1-4H3. The smallest absolute Gasteiger partial charge is 0.248 e. The molecule has 0 spiro atoms. The van der Waals surface area contributed by atoms with E-state index in [9.17, 15) is 9.59 Å². The second-order valence-electron chi connectivity index (χ2n) is 7.33. The highest BCUT2D eigenvalue weighted by Crippen LogP contribution is 2.34. The molecular formula is C22H29NO6. The van der Waals surface area contributed by atoms with Gasteiger partial charge in [-0.3, -0.25) is 9.59 Å². The molecule has 1 aromatic carbocycles. The molecule has 1 saturated heterocycles. The number of piperidine rings is 1. The van der Waals surface area contributed by atoms with Crippen LogP contribution in [-0.2, 0) is 20.7 Å². The molecule has 3 rings (SSSR count). The minimum Gasteiger partial charge on any atom is -0.467 e. The molecule has 1 amide bonds. The number of fused-ring (bicyclic) bond motifs is 1. The maximum atomic E-state index is 13.0. The Morgan fingerprint density at radius 2 is 1.93 bits per heavy atom. The molecule has 0 saturated carbocycles. The van der Waals surface area contributed by atoms with Crippen LogP contribution in [0.3, 0.4) is 0 Å². The van der Waals surface area contributed by atoms with Gasteiger partial charge in [-0.2, -0.15) is 0 Å². The summed E-state index contributed by atoms with van der Waals surface area (Å²) in [6.07, 6.45) is 2.18. The van der Waals surface area contributed by atoms with E-state index in [2.05, 4.69) is 0 Å². The zero-order valence-corrected chi connectivity index (χ0v) is 17.6. The van der Waals surface area contributed by atoms with E-state index in [1.54, 1.807) is 19.2 Å². The van der Waals surface area contributed by atoms with Crippen LogP contribution < -0.4 is 10.2 Å². The first-order valence-electron chi connectivity index (χ1n) is 9.99. The number of carbonyl (C=O) groups is 1. The Labute approximate surface area is 170 Å². The summed E-state index contributed by atoms with van der Waals surface area (Å²) in [5, 5.41) is 0.570. The summed E-state index contributed by atoms with van der Waals surface area (Å²) in [5.74, 6) is 1.49. The molecule has 0 atom stereocenters. The van der Waals surface area contributed by atoms with Crippen molar-refractivity contribution in [2.24, 2.45) is 0 Å².